The Kier molecular flexibility index (Phi) is 4.29. The smallest absolute Gasteiger partial charge is 0.330 e. The van der Waals surface area contributed by atoms with Crippen LogP contribution in [0.4, 0.5) is 0 Å². The van der Waals surface area contributed by atoms with Crippen LogP contribution in [0.1, 0.15) is 20.3 Å². The summed E-state index contributed by atoms with van der Waals surface area (Å²) in [5.41, 5.74) is 0.401. The summed E-state index contributed by atoms with van der Waals surface area (Å²) in [6.45, 7) is 3.50. The summed E-state index contributed by atoms with van der Waals surface area (Å²) in [6.07, 6.45) is 6.19. The minimum absolute atomic E-state index is 0.401. The third-order valence-corrected chi connectivity index (χ3v) is 1.13. The number of aliphatic carboxylic acids is 1. The molecule has 0 aromatic rings. The Balaban J connectivity index is 3.80. The fraction of sp³-hybridized carbons (Fsp3) is 0.375. The van der Waals surface area contributed by atoms with E-state index in [1.165, 1.54) is 0 Å². The second kappa shape index (κ2) is 4.79. The van der Waals surface area contributed by atoms with Crippen LogP contribution in [0.25, 0.3) is 0 Å². The maximum Gasteiger partial charge on any atom is 0.330 e. The zero-order valence-corrected chi connectivity index (χ0v) is 6.29. The van der Waals surface area contributed by atoms with Gasteiger partial charge in [0, 0.05) is 5.57 Å². The van der Waals surface area contributed by atoms with Crippen molar-refractivity contribution < 1.29 is 9.90 Å². The minimum atomic E-state index is -0.843. The molecule has 56 valence electrons. The van der Waals surface area contributed by atoms with Crippen molar-refractivity contribution in [1.29, 1.82) is 0 Å². The van der Waals surface area contributed by atoms with Gasteiger partial charge in [0.25, 0.3) is 0 Å². The molecule has 1 N–H and O–H groups in total. The fourth-order valence-corrected chi connectivity index (χ4v) is 0.468. The molecule has 0 unspecified atom stereocenters. The Bertz CT molecular complexity index is 166. The molecule has 0 heterocycles. The lowest BCUT2D eigenvalue weighted by Gasteiger charge is -1.88. The molecule has 0 aliphatic heterocycles. The van der Waals surface area contributed by atoms with Gasteiger partial charge in [-0.3, -0.25) is 0 Å². The lowest BCUT2D eigenvalue weighted by Crippen LogP contribution is -1.94. The quantitative estimate of drug-likeness (QED) is 0.480. The first-order chi connectivity index (χ1) is 4.68. The molecule has 0 fully saturated rings. The summed E-state index contributed by atoms with van der Waals surface area (Å²) in [7, 11) is 0. The second-order valence-electron chi connectivity index (χ2n) is 2.00. The number of allylic oxidation sites excluding steroid dienone is 3. The molecule has 0 atom stereocenters. The van der Waals surface area contributed by atoms with E-state index in [1.807, 2.05) is 19.1 Å². The van der Waals surface area contributed by atoms with Gasteiger partial charge in [-0.15, -0.1) is 0 Å². The first kappa shape index (κ1) is 8.95. The molecule has 0 aliphatic carbocycles. The normalized spacial score (nSPS) is 12.4. The average Bonchev–Trinajstić information content (AvgIpc) is 1.88. The average molecular weight is 140 g/mol. The van der Waals surface area contributed by atoms with Gasteiger partial charge in [0.2, 0.25) is 0 Å². The van der Waals surface area contributed by atoms with Crippen molar-refractivity contribution in [2.45, 2.75) is 20.3 Å². The van der Waals surface area contributed by atoms with E-state index in [1.54, 1.807) is 13.0 Å². The molecule has 0 rings (SSSR count). The van der Waals surface area contributed by atoms with Crippen LogP contribution in [-0.4, -0.2) is 11.1 Å². The lowest BCUT2D eigenvalue weighted by atomic mass is 10.2. The van der Waals surface area contributed by atoms with Gasteiger partial charge >= 0.3 is 5.97 Å². The van der Waals surface area contributed by atoms with Crippen molar-refractivity contribution in [3.63, 3.8) is 0 Å². The number of hydrogen-bond donors (Lipinski definition) is 1. The molecule has 0 saturated heterocycles. The molecule has 0 aromatic carbocycles. The van der Waals surface area contributed by atoms with Crippen molar-refractivity contribution in [2.24, 2.45) is 0 Å². The van der Waals surface area contributed by atoms with Gasteiger partial charge < -0.3 is 5.11 Å². The predicted molar refractivity (Wildman–Crippen MR) is 40.8 cm³/mol. The van der Waals surface area contributed by atoms with E-state index in [-0.39, 0.29) is 0 Å². The Morgan fingerprint density at radius 3 is 2.60 bits per heavy atom. The molecule has 2 nitrogen and oxygen atoms in total. The van der Waals surface area contributed by atoms with Crippen molar-refractivity contribution >= 4 is 5.97 Å². The Hall–Kier alpha value is -1.05. The molecule has 10 heavy (non-hydrogen) atoms. The van der Waals surface area contributed by atoms with Crippen LogP contribution in [0.15, 0.2) is 23.8 Å². The van der Waals surface area contributed by atoms with E-state index in [9.17, 15) is 4.79 Å². The van der Waals surface area contributed by atoms with Crippen LogP contribution in [0.2, 0.25) is 0 Å². The van der Waals surface area contributed by atoms with Gasteiger partial charge in [-0.1, -0.05) is 18.2 Å². The van der Waals surface area contributed by atoms with Gasteiger partial charge in [0.15, 0.2) is 0 Å². The Morgan fingerprint density at radius 2 is 2.20 bits per heavy atom. The van der Waals surface area contributed by atoms with Crippen molar-refractivity contribution in [3.8, 4) is 0 Å². The fourth-order valence-electron chi connectivity index (χ4n) is 0.468. The highest BCUT2D eigenvalue weighted by Gasteiger charge is 1.95. The summed E-state index contributed by atoms with van der Waals surface area (Å²) in [5, 5.41) is 8.39. The van der Waals surface area contributed by atoms with Crippen LogP contribution >= 0.6 is 0 Å². The molecule has 0 saturated carbocycles. The van der Waals surface area contributed by atoms with Gasteiger partial charge in [-0.25, -0.2) is 4.79 Å². The van der Waals surface area contributed by atoms with Crippen LogP contribution in [0.5, 0.6) is 0 Å². The van der Waals surface area contributed by atoms with Crippen LogP contribution in [0.3, 0.4) is 0 Å². The molecule has 0 aromatic heterocycles. The Morgan fingerprint density at radius 1 is 1.60 bits per heavy atom. The molecular weight excluding hydrogens is 128 g/mol. The van der Waals surface area contributed by atoms with E-state index >= 15 is 0 Å². The lowest BCUT2D eigenvalue weighted by molar-refractivity contribution is -0.132. The van der Waals surface area contributed by atoms with Gasteiger partial charge in [0.05, 0.1) is 0 Å². The minimum Gasteiger partial charge on any atom is -0.478 e. The Labute approximate surface area is 60.9 Å². The highest BCUT2D eigenvalue weighted by Crippen LogP contribution is 1.95. The van der Waals surface area contributed by atoms with E-state index in [0.29, 0.717) is 12.0 Å². The molecular formula is C8H12O2. The van der Waals surface area contributed by atoms with Crippen molar-refractivity contribution in [3.05, 3.63) is 23.8 Å². The van der Waals surface area contributed by atoms with E-state index in [2.05, 4.69) is 0 Å². The van der Waals surface area contributed by atoms with Crippen molar-refractivity contribution in [1.82, 2.24) is 0 Å². The number of rotatable bonds is 3. The largest absolute Gasteiger partial charge is 0.478 e. The molecule has 2 heteroatoms. The summed E-state index contributed by atoms with van der Waals surface area (Å²) < 4.78 is 0. The summed E-state index contributed by atoms with van der Waals surface area (Å²) >= 11 is 0. The zero-order chi connectivity index (χ0) is 7.98. The SMILES string of the molecule is C/C=C/C/C=C(\C)C(=O)O. The molecule has 0 bridgehead atoms. The maximum absolute atomic E-state index is 10.2. The van der Waals surface area contributed by atoms with E-state index in [0.717, 1.165) is 0 Å². The van der Waals surface area contributed by atoms with Gasteiger partial charge in [-0.05, 0) is 20.3 Å². The van der Waals surface area contributed by atoms with E-state index in [4.69, 9.17) is 5.11 Å². The van der Waals surface area contributed by atoms with Gasteiger partial charge in [-0.2, -0.15) is 0 Å². The topological polar surface area (TPSA) is 37.3 Å². The first-order valence-electron chi connectivity index (χ1n) is 3.19. The highest BCUT2D eigenvalue weighted by atomic mass is 16.4. The van der Waals surface area contributed by atoms with E-state index < -0.39 is 5.97 Å². The predicted octanol–water partition coefficient (Wildman–Crippen LogP) is 1.98. The van der Waals surface area contributed by atoms with Gasteiger partial charge in [0.1, 0.15) is 0 Å². The number of carbonyl (C=O) groups is 1. The molecule has 0 spiro atoms. The van der Waals surface area contributed by atoms with Crippen LogP contribution < -0.4 is 0 Å². The number of carboxylic acids is 1. The molecule has 0 aliphatic rings. The number of carboxylic acid groups (broad SMARTS) is 1. The maximum atomic E-state index is 10.2. The summed E-state index contributed by atoms with van der Waals surface area (Å²) in [4.78, 5) is 10.2. The first-order valence-corrected chi connectivity index (χ1v) is 3.19. The van der Waals surface area contributed by atoms with Crippen LogP contribution in [-0.2, 0) is 4.79 Å². The standard InChI is InChI=1S/C8H12O2/c1-3-4-5-6-7(2)8(9)10/h3-4,6H,5H2,1-2H3,(H,9,10)/b4-3+,7-6+. The molecule has 0 amide bonds. The van der Waals surface area contributed by atoms with Crippen molar-refractivity contribution in [2.75, 3.05) is 0 Å². The molecule has 0 radical (unpaired) electrons. The summed E-state index contributed by atoms with van der Waals surface area (Å²) in [5.74, 6) is -0.843. The third kappa shape index (κ3) is 3.89. The van der Waals surface area contributed by atoms with Crippen LogP contribution in [0, 0.1) is 0 Å². The zero-order valence-electron chi connectivity index (χ0n) is 6.29. The second-order valence-corrected chi connectivity index (χ2v) is 2.00. The third-order valence-electron chi connectivity index (χ3n) is 1.13. The number of hydrogen-bond acceptors (Lipinski definition) is 1. The monoisotopic (exact) mass is 140 g/mol. The summed E-state index contributed by atoms with van der Waals surface area (Å²) in [6, 6.07) is 0. The highest BCUT2D eigenvalue weighted by molar-refractivity contribution is 5.85.